The van der Waals surface area contributed by atoms with Gasteiger partial charge in [0.05, 0.1) is 0 Å². The molecule has 18 heavy (non-hydrogen) atoms. The van der Waals surface area contributed by atoms with Crippen molar-refractivity contribution in [1.29, 1.82) is 0 Å². The maximum Gasteiger partial charge on any atom is 0.0487 e. The monoisotopic (exact) mass is 310 g/mol. The van der Waals surface area contributed by atoms with Gasteiger partial charge in [-0.05, 0) is 52.7 Å². The van der Waals surface area contributed by atoms with Crippen molar-refractivity contribution in [2.75, 3.05) is 11.9 Å². The summed E-state index contributed by atoms with van der Waals surface area (Å²) in [5, 5.41) is 3.61. The summed E-state index contributed by atoms with van der Waals surface area (Å²) in [5.74, 6) is 1.61. The Balaban J connectivity index is 1.99. The number of hydrogen-bond donors (Lipinski definition) is 2. The van der Waals surface area contributed by atoms with E-state index in [1.165, 1.54) is 25.7 Å². The van der Waals surface area contributed by atoms with E-state index in [4.69, 9.17) is 5.73 Å². The third kappa shape index (κ3) is 3.48. The molecule has 1 aliphatic carbocycles. The zero-order valence-electron chi connectivity index (χ0n) is 11.0. The smallest absolute Gasteiger partial charge is 0.0487 e. The molecule has 0 radical (unpaired) electrons. The second kappa shape index (κ2) is 6.58. The molecule has 2 nitrogen and oxygen atoms in total. The maximum atomic E-state index is 5.96. The highest BCUT2D eigenvalue weighted by Crippen LogP contribution is 2.32. The van der Waals surface area contributed by atoms with Gasteiger partial charge in [0.15, 0.2) is 0 Å². The predicted octanol–water partition coefficient (Wildman–Crippen LogP) is 4.01. The van der Waals surface area contributed by atoms with Gasteiger partial charge in [0, 0.05) is 22.7 Å². The highest BCUT2D eigenvalue weighted by atomic mass is 79.9. The van der Waals surface area contributed by atoms with Crippen LogP contribution < -0.4 is 11.1 Å². The van der Waals surface area contributed by atoms with E-state index in [0.29, 0.717) is 12.6 Å². The van der Waals surface area contributed by atoms with Crippen molar-refractivity contribution < 1.29 is 0 Å². The quantitative estimate of drug-likeness (QED) is 0.881. The maximum absolute atomic E-state index is 5.96. The lowest BCUT2D eigenvalue weighted by atomic mass is 9.79. The minimum absolute atomic E-state index is 0.399. The van der Waals surface area contributed by atoms with Gasteiger partial charge in [-0.15, -0.1) is 0 Å². The lowest BCUT2D eigenvalue weighted by Crippen LogP contribution is -2.38. The van der Waals surface area contributed by atoms with E-state index in [1.54, 1.807) is 0 Å². The van der Waals surface area contributed by atoms with Gasteiger partial charge in [-0.1, -0.05) is 31.9 Å². The Labute approximate surface area is 118 Å². The summed E-state index contributed by atoms with van der Waals surface area (Å²) >= 11 is 3.58. The van der Waals surface area contributed by atoms with Gasteiger partial charge >= 0.3 is 0 Å². The van der Waals surface area contributed by atoms with E-state index in [2.05, 4.69) is 46.4 Å². The second-order valence-corrected chi connectivity index (χ2v) is 6.34. The van der Waals surface area contributed by atoms with Crippen molar-refractivity contribution >= 4 is 21.6 Å². The molecular formula is C15H23BrN2. The highest BCUT2D eigenvalue weighted by molar-refractivity contribution is 9.10. The molecule has 0 bridgehead atoms. The molecule has 3 N–H and O–H groups in total. The molecule has 100 valence electrons. The summed E-state index contributed by atoms with van der Waals surface area (Å²) in [4.78, 5) is 0. The van der Waals surface area contributed by atoms with Gasteiger partial charge in [-0.2, -0.15) is 0 Å². The molecule has 1 aromatic carbocycles. The molecule has 1 aliphatic rings. The summed E-state index contributed by atoms with van der Waals surface area (Å²) in [6, 6.07) is 8.67. The van der Waals surface area contributed by atoms with Crippen molar-refractivity contribution in [3.8, 4) is 0 Å². The van der Waals surface area contributed by atoms with E-state index in [1.807, 2.05) is 6.07 Å². The molecule has 1 unspecified atom stereocenters. The first-order chi connectivity index (χ1) is 8.70. The third-order valence-electron chi connectivity index (χ3n) is 4.10. The average molecular weight is 311 g/mol. The molecule has 0 heterocycles. The number of anilines is 1. The van der Waals surface area contributed by atoms with Crippen LogP contribution in [0.5, 0.6) is 0 Å². The summed E-state index contributed by atoms with van der Waals surface area (Å²) in [6.07, 6.45) is 5.30. The van der Waals surface area contributed by atoms with Crippen LogP contribution in [0.4, 0.5) is 5.69 Å². The van der Waals surface area contributed by atoms with E-state index in [0.717, 1.165) is 22.0 Å². The Morgan fingerprint density at radius 3 is 2.56 bits per heavy atom. The Bertz CT molecular complexity index is 373. The first-order valence-corrected chi connectivity index (χ1v) is 7.71. The zero-order valence-corrected chi connectivity index (χ0v) is 12.6. The predicted molar refractivity (Wildman–Crippen MR) is 81.7 cm³/mol. The lowest BCUT2D eigenvalue weighted by Gasteiger charge is -2.33. The molecule has 1 fully saturated rings. The van der Waals surface area contributed by atoms with Crippen LogP contribution in [-0.4, -0.2) is 12.6 Å². The minimum Gasteiger partial charge on any atom is -0.380 e. The number of halogens is 1. The Kier molecular flexibility index (Phi) is 5.07. The fourth-order valence-electron chi connectivity index (χ4n) is 2.84. The normalized spacial score (nSPS) is 25.7. The highest BCUT2D eigenvalue weighted by Gasteiger charge is 2.25. The SMILES string of the molecule is CC1CCC(C(CN)Nc2ccccc2Br)CC1. The molecule has 0 aliphatic heterocycles. The van der Waals surface area contributed by atoms with Crippen LogP contribution in [0.1, 0.15) is 32.6 Å². The molecule has 0 amide bonds. The van der Waals surface area contributed by atoms with Gasteiger partial charge in [0.25, 0.3) is 0 Å². The molecule has 1 saturated carbocycles. The Morgan fingerprint density at radius 2 is 1.94 bits per heavy atom. The number of nitrogens with one attached hydrogen (secondary N) is 1. The minimum atomic E-state index is 0.399. The summed E-state index contributed by atoms with van der Waals surface area (Å²) in [6.45, 7) is 3.06. The fourth-order valence-corrected chi connectivity index (χ4v) is 3.23. The topological polar surface area (TPSA) is 38.0 Å². The number of para-hydroxylation sites is 1. The molecule has 0 spiro atoms. The third-order valence-corrected chi connectivity index (χ3v) is 4.79. The van der Waals surface area contributed by atoms with Gasteiger partial charge < -0.3 is 11.1 Å². The van der Waals surface area contributed by atoms with Crippen LogP contribution in [0.3, 0.4) is 0 Å². The van der Waals surface area contributed by atoms with Gasteiger partial charge in [0.2, 0.25) is 0 Å². The van der Waals surface area contributed by atoms with E-state index in [9.17, 15) is 0 Å². The van der Waals surface area contributed by atoms with Crippen molar-refractivity contribution in [2.45, 2.75) is 38.6 Å². The summed E-state index contributed by atoms with van der Waals surface area (Å²) in [5.41, 5.74) is 7.12. The van der Waals surface area contributed by atoms with Gasteiger partial charge in [-0.3, -0.25) is 0 Å². The van der Waals surface area contributed by atoms with Crippen molar-refractivity contribution in [2.24, 2.45) is 17.6 Å². The Morgan fingerprint density at radius 1 is 1.28 bits per heavy atom. The second-order valence-electron chi connectivity index (χ2n) is 5.49. The molecule has 1 aromatic rings. The average Bonchev–Trinajstić information content (AvgIpc) is 2.39. The Hall–Kier alpha value is -0.540. The van der Waals surface area contributed by atoms with E-state index >= 15 is 0 Å². The largest absolute Gasteiger partial charge is 0.380 e. The lowest BCUT2D eigenvalue weighted by molar-refractivity contribution is 0.265. The molecular weight excluding hydrogens is 288 g/mol. The zero-order chi connectivity index (χ0) is 13.0. The standard InChI is InChI=1S/C15H23BrN2/c1-11-6-8-12(9-7-11)15(10-17)18-14-5-3-2-4-13(14)16/h2-5,11-12,15,18H,6-10,17H2,1H3. The first kappa shape index (κ1) is 13.9. The summed E-state index contributed by atoms with van der Waals surface area (Å²) in [7, 11) is 0. The van der Waals surface area contributed by atoms with Gasteiger partial charge in [0.1, 0.15) is 0 Å². The van der Waals surface area contributed by atoms with Gasteiger partial charge in [-0.25, -0.2) is 0 Å². The van der Waals surface area contributed by atoms with Crippen LogP contribution in [0.25, 0.3) is 0 Å². The molecule has 0 aromatic heterocycles. The van der Waals surface area contributed by atoms with Crippen LogP contribution in [0, 0.1) is 11.8 Å². The fraction of sp³-hybridized carbons (Fsp3) is 0.600. The van der Waals surface area contributed by atoms with Crippen molar-refractivity contribution in [3.63, 3.8) is 0 Å². The first-order valence-electron chi connectivity index (χ1n) is 6.92. The number of rotatable bonds is 4. The van der Waals surface area contributed by atoms with Crippen LogP contribution in [0.15, 0.2) is 28.7 Å². The molecule has 1 atom stereocenters. The number of nitrogens with two attached hydrogens (primary N) is 1. The van der Waals surface area contributed by atoms with E-state index < -0.39 is 0 Å². The van der Waals surface area contributed by atoms with Crippen LogP contribution in [-0.2, 0) is 0 Å². The molecule has 2 rings (SSSR count). The van der Waals surface area contributed by atoms with Crippen LogP contribution in [0.2, 0.25) is 0 Å². The molecule has 3 heteroatoms. The van der Waals surface area contributed by atoms with Crippen molar-refractivity contribution in [3.05, 3.63) is 28.7 Å². The number of hydrogen-bond acceptors (Lipinski definition) is 2. The van der Waals surface area contributed by atoms with Crippen molar-refractivity contribution in [1.82, 2.24) is 0 Å². The molecule has 0 saturated heterocycles. The van der Waals surface area contributed by atoms with E-state index in [-0.39, 0.29) is 0 Å². The van der Waals surface area contributed by atoms with Crippen LogP contribution >= 0.6 is 15.9 Å². The summed E-state index contributed by atoms with van der Waals surface area (Å²) < 4.78 is 1.12. The number of benzene rings is 1.